The lowest BCUT2D eigenvalue weighted by Gasteiger charge is -2.03. The van der Waals surface area contributed by atoms with E-state index in [0.29, 0.717) is 11.3 Å². The van der Waals surface area contributed by atoms with Gasteiger partial charge in [0.2, 0.25) is 0 Å². The van der Waals surface area contributed by atoms with Crippen LogP contribution in [-0.4, -0.2) is 36.5 Å². The van der Waals surface area contributed by atoms with Gasteiger partial charge in [-0.15, -0.1) is 0 Å². The van der Waals surface area contributed by atoms with Gasteiger partial charge in [0.1, 0.15) is 6.61 Å². The number of aliphatic hydroxyl groups excluding tert-OH is 1. The number of methoxy groups -OCH3 is 1. The molecule has 0 aromatic heterocycles. The fourth-order valence-corrected chi connectivity index (χ4v) is 1.16. The lowest BCUT2D eigenvalue weighted by atomic mass is 10.2. The van der Waals surface area contributed by atoms with Crippen molar-refractivity contribution in [2.24, 2.45) is 0 Å². The van der Waals surface area contributed by atoms with Gasteiger partial charge >= 0.3 is 5.97 Å². The molecule has 5 nitrogen and oxygen atoms in total. The Bertz CT molecular complexity index is 411. The highest BCUT2D eigenvalue weighted by Gasteiger charge is 2.01. The lowest BCUT2D eigenvalue weighted by Crippen LogP contribution is -2.04. The van der Waals surface area contributed by atoms with Crippen molar-refractivity contribution in [1.82, 2.24) is 0 Å². The number of ether oxygens (including phenoxy) is 2. The van der Waals surface area contributed by atoms with E-state index in [1.165, 1.54) is 25.3 Å². The number of esters is 1. The van der Waals surface area contributed by atoms with Gasteiger partial charge in [0.15, 0.2) is 11.5 Å². The van der Waals surface area contributed by atoms with Crippen molar-refractivity contribution in [3.05, 3.63) is 29.8 Å². The minimum absolute atomic E-state index is 0.0257. The summed E-state index contributed by atoms with van der Waals surface area (Å²) in [6.07, 6.45) is 2.77. The van der Waals surface area contributed by atoms with E-state index in [4.69, 9.17) is 9.84 Å². The van der Waals surface area contributed by atoms with Crippen LogP contribution in [0.3, 0.4) is 0 Å². The largest absolute Gasteiger partial charge is 0.504 e. The van der Waals surface area contributed by atoms with Crippen molar-refractivity contribution in [2.75, 3.05) is 20.3 Å². The van der Waals surface area contributed by atoms with E-state index in [2.05, 4.69) is 4.74 Å². The zero-order valence-corrected chi connectivity index (χ0v) is 9.42. The summed E-state index contributed by atoms with van der Waals surface area (Å²) in [5, 5.41) is 17.8. The third-order valence-electron chi connectivity index (χ3n) is 1.95. The zero-order chi connectivity index (χ0) is 12.7. The molecule has 0 saturated carbocycles. The molecular weight excluding hydrogens is 224 g/mol. The molecule has 0 fully saturated rings. The number of rotatable bonds is 5. The summed E-state index contributed by atoms with van der Waals surface area (Å²) < 4.78 is 9.56. The second-order valence-corrected chi connectivity index (χ2v) is 3.16. The van der Waals surface area contributed by atoms with Crippen LogP contribution in [-0.2, 0) is 9.53 Å². The number of phenolic OH excluding ortho intramolecular Hbond substituents is 1. The maximum Gasteiger partial charge on any atom is 0.330 e. The van der Waals surface area contributed by atoms with Gasteiger partial charge in [-0.3, -0.25) is 0 Å². The van der Waals surface area contributed by atoms with Crippen molar-refractivity contribution < 1.29 is 24.5 Å². The molecule has 0 atom stereocenters. The molecule has 0 radical (unpaired) electrons. The Morgan fingerprint density at radius 3 is 2.88 bits per heavy atom. The lowest BCUT2D eigenvalue weighted by molar-refractivity contribution is -0.138. The van der Waals surface area contributed by atoms with Crippen LogP contribution in [0.4, 0.5) is 0 Å². The van der Waals surface area contributed by atoms with E-state index in [-0.39, 0.29) is 19.0 Å². The second-order valence-electron chi connectivity index (χ2n) is 3.16. The molecule has 0 bridgehead atoms. The topological polar surface area (TPSA) is 76.0 Å². The van der Waals surface area contributed by atoms with E-state index >= 15 is 0 Å². The van der Waals surface area contributed by atoms with Crippen LogP contribution in [0.25, 0.3) is 6.08 Å². The fourth-order valence-electron chi connectivity index (χ4n) is 1.16. The van der Waals surface area contributed by atoms with Crippen LogP contribution in [0, 0.1) is 0 Å². The molecular formula is C12H14O5. The summed E-state index contributed by atoms with van der Waals surface area (Å²) in [6.45, 7) is -0.227. The highest BCUT2D eigenvalue weighted by Crippen LogP contribution is 2.26. The highest BCUT2D eigenvalue weighted by molar-refractivity contribution is 5.87. The molecule has 1 aromatic rings. The van der Waals surface area contributed by atoms with Crippen LogP contribution >= 0.6 is 0 Å². The van der Waals surface area contributed by atoms with Gasteiger partial charge in [0.25, 0.3) is 0 Å². The SMILES string of the molecule is COc1cc(C=CC(=O)OCCO)ccc1O. The molecule has 0 aliphatic heterocycles. The number of carbonyl (C=O) groups excluding carboxylic acids is 1. The number of aliphatic hydroxyl groups is 1. The predicted molar refractivity (Wildman–Crippen MR) is 61.7 cm³/mol. The van der Waals surface area contributed by atoms with Crippen molar-refractivity contribution in [3.63, 3.8) is 0 Å². The molecule has 5 heteroatoms. The molecule has 0 amide bonds. The van der Waals surface area contributed by atoms with Gasteiger partial charge in [-0.25, -0.2) is 4.79 Å². The number of carbonyl (C=O) groups is 1. The van der Waals surface area contributed by atoms with Crippen LogP contribution in [0.2, 0.25) is 0 Å². The molecule has 0 unspecified atom stereocenters. The number of benzene rings is 1. The predicted octanol–water partition coefficient (Wildman–Crippen LogP) is 0.949. The molecule has 92 valence electrons. The second kappa shape index (κ2) is 6.55. The average Bonchev–Trinajstić information content (AvgIpc) is 2.35. The minimum atomic E-state index is -0.536. The van der Waals surface area contributed by atoms with Crippen LogP contribution in [0.1, 0.15) is 5.56 Å². The normalized spacial score (nSPS) is 10.5. The summed E-state index contributed by atoms with van der Waals surface area (Å²) in [7, 11) is 1.44. The molecule has 1 aromatic carbocycles. The summed E-state index contributed by atoms with van der Waals surface area (Å²) in [5.74, 6) is -0.172. The number of aromatic hydroxyl groups is 1. The zero-order valence-electron chi connectivity index (χ0n) is 9.42. The van der Waals surface area contributed by atoms with E-state index < -0.39 is 5.97 Å². The van der Waals surface area contributed by atoms with Crippen LogP contribution in [0.15, 0.2) is 24.3 Å². The Morgan fingerprint density at radius 1 is 1.47 bits per heavy atom. The van der Waals surface area contributed by atoms with Gasteiger partial charge in [-0.2, -0.15) is 0 Å². The average molecular weight is 238 g/mol. The van der Waals surface area contributed by atoms with Gasteiger partial charge in [-0.05, 0) is 23.8 Å². The van der Waals surface area contributed by atoms with E-state index in [1.807, 2.05) is 0 Å². The van der Waals surface area contributed by atoms with Gasteiger partial charge in [0, 0.05) is 6.08 Å². The molecule has 2 N–H and O–H groups in total. The fraction of sp³-hybridized carbons (Fsp3) is 0.250. The summed E-state index contributed by atoms with van der Waals surface area (Å²) in [5.41, 5.74) is 0.695. The Hall–Kier alpha value is -2.01. The number of hydrogen-bond acceptors (Lipinski definition) is 5. The van der Waals surface area contributed by atoms with Crippen LogP contribution in [0.5, 0.6) is 11.5 Å². The number of hydrogen-bond donors (Lipinski definition) is 2. The Balaban J connectivity index is 2.68. The Morgan fingerprint density at radius 2 is 2.24 bits per heavy atom. The minimum Gasteiger partial charge on any atom is -0.504 e. The molecule has 0 aliphatic carbocycles. The molecule has 0 spiro atoms. The smallest absolute Gasteiger partial charge is 0.330 e. The van der Waals surface area contributed by atoms with E-state index in [9.17, 15) is 9.90 Å². The summed E-state index contributed by atoms with van der Waals surface area (Å²) in [4.78, 5) is 11.1. The molecule has 0 heterocycles. The summed E-state index contributed by atoms with van der Waals surface area (Å²) >= 11 is 0. The Kier molecular flexibility index (Phi) is 5.03. The molecule has 1 rings (SSSR count). The molecule has 17 heavy (non-hydrogen) atoms. The third kappa shape index (κ3) is 4.16. The van der Waals surface area contributed by atoms with Crippen molar-refractivity contribution in [1.29, 1.82) is 0 Å². The van der Waals surface area contributed by atoms with Gasteiger partial charge in [-0.1, -0.05) is 6.07 Å². The Labute approximate surface area is 98.9 Å². The highest BCUT2D eigenvalue weighted by atomic mass is 16.5. The standard InChI is InChI=1S/C12H14O5/c1-16-11-8-9(2-4-10(11)14)3-5-12(15)17-7-6-13/h2-5,8,13-14H,6-7H2,1H3. The van der Waals surface area contributed by atoms with Crippen molar-refractivity contribution >= 4 is 12.0 Å². The van der Waals surface area contributed by atoms with E-state index in [0.717, 1.165) is 0 Å². The van der Waals surface area contributed by atoms with Gasteiger partial charge < -0.3 is 19.7 Å². The van der Waals surface area contributed by atoms with Gasteiger partial charge in [0.05, 0.1) is 13.7 Å². The molecule has 0 saturated heterocycles. The van der Waals surface area contributed by atoms with Crippen LogP contribution < -0.4 is 4.74 Å². The maximum atomic E-state index is 11.1. The van der Waals surface area contributed by atoms with Crippen molar-refractivity contribution in [3.8, 4) is 11.5 Å². The first-order valence-corrected chi connectivity index (χ1v) is 5.00. The first kappa shape index (κ1) is 13.1. The first-order chi connectivity index (χ1) is 8.17. The monoisotopic (exact) mass is 238 g/mol. The first-order valence-electron chi connectivity index (χ1n) is 5.00. The quantitative estimate of drug-likeness (QED) is 0.590. The van der Waals surface area contributed by atoms with Crippen molar-refractivity contribution in [2.45, 2.75) is 0 Å². The molecule has 0 aliphatic rings. The maximum absolute atomic E-state index is 11.1. The number of phenols is 1. The summed E-state index contributed by atoms with van der Waals surface area (Å²) in [6, 6.07) is 4.69. The van der Waals surface area contributed by atoms with E-state index in [1.54, 1.807) is 12.1 Å². The third-order valence-corrected chi connectivity index (χ3v) is 1.95.